The van der Waals surface area contributed by atoms with Gasteiger partial charge in [0.15, 0.2) is 0 Å². The Kier molecular flexibility index (Phi) is 3.65. The first kappa shape index (κ1) is 12.3. The van der Waals surface area contributed by atoms with Crippen molar-refractivity contribution in [2.45, 2.75) is 24.9 Å². The van der Waals surface area contributed by atoms with Gasteiger partial charge in [0.05, 0.1) is 7.11 Å². The number of nitrogens with zero attached hydrogens (tertiary/aromatic N) is 1. The highest BCUT2D eigenvalue weighted by molar-refractivity contribution is 7.13. The molecule has 5 heteroatoms. The zero-order valence-corrected chi connectivity index (χ0v) is 10.8. The van der Waals surface area contributed by atoms with Crippen LogP contribution in [0.4, 0.5) is 0 Å². The van der Waals surface area contributed by atoms with E-state index >= 15 is 0 Å². The Hall–Kier alpha value is -1.12. The Balaban J connectivity index is 2.14. The van der Waals surface area contributed by atoms with Gasteiger partial charge in [0.1, 0.15) is 11.8 Å². The summed E-state index contributed by atoms with van der Waals surface area (Å²) in [7, 11) is 4.02. The Morgan fingerprint density at radius 1 is 1.41 bits per heavy atom. The molecule has 0 amide bonds. The fraction of sp³-hybridized carbons (Fsp3) is 0.417. The summed E-state index contributed by atoms with van der Waals surface area (Å²) in [5.41, 5.74) is 1.10. The number of ether oxygens (including phenoxy) is 1. The van der Waals surface area contributed by atoms with E-state index < -0.39 is 0 Å². The number of phenolic OH excluding ortho intramolecular Hbond substituents is 1. The molecule has 1 N–H and O–H groups in total. The number of hydrogen-bond donors (Lipinski definition) is 1. The summed E-state index contributed by atoms with van der Waals surface area (Å²) >= 11 is 0. The number of hydrogen-bond acceptors (Lipinski definition) is 4. The summed E-state index contributed by atoms with van der Waals surface area (Å²) < 4.78 is 6.73. The van der Waals surface area contributed by atoms with Gasteiger partial charge in [-0.05, 0) is 30.5 Å². The second-order valence-corrected chi connectivity index (χ2v) is 4.77. The molecule has 0 aromatic heterocycles. The molecule has 1 aromatic rings. The predicted molar refractivity (Wildman–Crippen MR) is 67.4 cm³/mol. The molecule has 1 aromatic carbocycles. The van der Waals surface area contributed by atoms with Gasteiger partial charge in [-0.3, -0.25) is 9.46 Å². The van der Waals surface area contributed by atoms with Gasteiger partial charge in [-0.1, -0.05) is 21.5 Å². The van der Waals surface area contributed by atoms with Gasteiger partial charge in [0.2, 0.25) is 0 Å². The molecule has 1 saturated heterocycles. The Labute approximate surface area is 103 Å². The molecule has 1 heterocycles. The van der Waals surface area contributed by atoms with Gasteiger partial charge in [0, 0.05) is 6.04 Å². The number of phenols is 1. The average molecular weight is 253 g/mol. The Morgan fingerprint density at radius 2 is 2.06 bits per heavy atom. The molecule has 1 unspecified atom stereocenters. The number of aromatic hydroxyl groups is 1. The summed E-state index contributed by atoms with van der Waals surface area (Å²) in [6.45, 7) is 0. The van der Waals surface area contributed by atoms with Crippen molar-refractivity contribution in [3.63, 3.8) is 0 Å². The van der Waals surface area contributed by atoms with E-state index in [9.17, 15) is 9.90 Å². The smallest absolute Gasteiger partial charge is 0.323 e. The quantitative estimate of drug-likeness (QED) is 0.645. The maximum atomic E-state index is 11.5. The fourth-order valence-electron chi connectivity index (χ4n) is 2.24. The maximum absolute atomic E-state index is 11.5. The van der Waals surface area contributed by atoms with E-state index in [1.54, 1.807) is 12.1 Å². The first-order valence-corrected chi connectivity index (χ1v) is 6.05. The van der Waals surface area contributed by atoms with Crippen LogP contribution in [-0.4, -0.2) is 28.9 Å². The standard InChI is InChI=1S/C12H16NO3P/c1-16-12(15)11-7-6-10(13(11)17)8-2-4-9(14)5-3-8/h2-5,10-11,14H,6-7,17H2,1H3/t10-,11+/m1/s1. The molecular weight excluding hydrogens is 237 g/mol. The van der Waals surface area contributed by atoms with E-state index in [0.717, 1.165) is 18.4 Å². The van der Waals surface area contributed by atoms with Crippen LogP contribution in [0.2, 0.25) is 0 Å². The molecule has 1 fully saturated rings. The Bertz CT molecular complexity index is 407. The fourth-order valence-corrected chi connectivity index (χ4v) is 2.83. The highest BCUT2D eigenvalue weighted by Gasteiger charge is 2.36. The van der Waals surface area contributed by atoms with Crippen LogP contribution in [-0.2, 0) is 9.53 Å². The molecule has 1 aliphatic heterocycles. The number of carbonyl (C=O) groups is 1. The number of esters is 1. The predicted octanol–water partition coefficient (Wildman–Crippen LogP) is 1.86. The maximum Gasteiger partial charge on any atom is 0.323 e. The lowest BCUT2D eigenvalue weighted by atomic mass is 10.1. The minimum Gasteiger partial charge on any atom is -0.508 e. The second-order valence-electron chi connectivity index (χ2n) is 4.17. The molecule has 2 rings (SSSR count). The number of methoxy groups -OCH3 is 1. The molecule has 0 spiro atoms. The molecule has 3 atom stereocenters. The van der Waals surface area contributed by atoms with Crippen molar-refractivity contribution in [3.8, 4) is 5.75 Å². The molecule has 0 aliphatic carbocycles. The van der Waals surface area contributed by atoms with Crippen LogP contribution in [0, 0.1) is 0 Å². The lowest BCUT2D eigenvalue weighted by molar-refractivity contribution is -0.144. The third-order valence-corrected chi connectivity index (χ3v) is 3.90. The number of rotatable bonds is 2. The number of benzene rings is 1. The van der Waals surface area contributed by atoms with Gasteiger partial charge in [0.25, 0.3) is 0 Å². The van der Waals surface area contributed by atoms with Crippen molar-refractivity contribution in [1.29, 1.82) is 0 Å². The largest absolute Gasteiger partial charge is 0.508 e. The van der Waals surface area contributed by atoms with Gasteiger partial charge >= 0.3 is 5.97 Å². The highest BCUT2D eigenvalue weighted by atomic mass is 31.0. The van der Waals surface area contributed by atoms with E-state index in [4.69, 9.17) is 4.74 Å². The van der Waals surface area contributed by atoms with Crippen LogP contribution in [0.3, 0.4) is 0 Å². The van der Waals surface area contributed by atoms with Crippen LogP contribution in [0.25, 0.3) is 0 Å². The second kappa shape index (κ2) is 5.03. The molecule has 17 heavy (non-hydrogen) atoms. The molecule has 4 nitrogen and oxygen atoms in total. The van der Waals surface area contributed by atoms with Crippen molar-refractivity contribution in [3.05, 3.63) is 29.8 Å². The highest BCUT2D eigenvalue weighted by Crippen LogP contribution is 2.39. The summed E-state index contributed by atoms with van der Waals surface area (Å²) in [4.78, 5) is 11.5. The lowest BCUT2D eigenvalue weighted by Gasteiger charge is -2.23. The van der Waals surface area contributed by atoms with E-state index in [2.05, 4.69) is 9.39 Å². The SMILES string of the molecule is COC(=O)[C@@H]1CC[C@H](c2ccc(O)cc2)N1P. The zero-order valence-electron chi connectivity index (χ0n) is 9.67. The lowest BCUT2D eigenvalue weighted by Crippen LogP contribution is -2.31. The molecular formula is C12H16NO3P. The van der Waals surface area contributed by atoms with Crippen LogP contribution >= 0.6 is 9.39 Å². The van der Waals surface area contributed by atoms with Crippen LogP contribution < -0.4 is 0 Å². The van der Waals surface area contributed by atoms with Crippen LogP contribution in [0.5, 0.6) is 5.75 Å². The van der Waals surface area contributed by atoms with Gasteiger partial charge in [-0.15, -0.1) is 0 Å². The van der Waals surface area contributed by atoms with E-state index in [1.807, 2.05) is 16.8 Å². The van der Waals surface area contributed by atoms with Gasteiger partial charge < -0.3 is 9.84 Å². The zero-order chi connectivity index (χ0) is 12.4. The minimum atomic E-state index is -0.193. The van der Waals surface area contributed by atoms with Crippen molar-refractivity contribution in [1.82, 2.24) is 4.67 Å². The summed E-state index contributed by atoms with van der Waals surface area (Å²) in [6, 6.07) is 7.10. The average Bonchev–Trinajstić information content (AvgIpc) is 2.71. The van der Waals surface area contributed by atoms with E-state index in [0.29, 0.717) is 0 Å². The van der Waals surface area contributed by atoms with Crippen molar-refractivity contribution in [2.75, 3.05) is 7.11 Å². The van der Waals surface area contributed by atoms with Gasteiger partial charge in [-0.2, -0.15) is 0 Å². The monoisotopic (exact) mass is 253 g/mol. The summed E-state index contributed by atoms with van der Waals surface area (Å²) in [5.74, 6) is 0.0628. The summed E-state index contributed by atoms with van der Waals surface area (Å²) in [6.07, 6.45) is 1.70. The Morgan fingerprint density at radius 3 is 2.65 bits per heavy atom. The first-order valence-electron chi connectivity index (χ1n) is 5.53. The molecule has 0 radical (unpaired) electrons. The summed E-state index contributed by atoms with van der Waals surface area (Å²) in [5, 5.41) is 9.25. The number of carbonyl (C=O) groups excluding carboxylic acids is 1. The molecule has 1 aliphatic rings. The third kappa shape index (κ3) is 2.43. The minimum absolute atomic E-state index is 0.185. The van der Waals surface area contributed by atoms with Crippen LogP contribution in [0.1, 0.15) is 24.4 Å². The van der Waals surface area contributed by atoms with E-state index in [1.165, 1.54) is 7.11 Å². The van der Waals surface area contributed by atoms with Gasteiger partial charge in [-0.25, -0.2) is 0 Å². The molecule has 0 saturated carbocycles. The molecule has 0 bridgehead atoms. The van der Waals surface area contributed by atoms with E-state index in [-0.39, 0.29) is 23.8 Å². The van der Waals surface area contributed by atoms with Crippen LogP contribution in [0.15, 0.2) is 24.3 Å². The normalized spacial score (nSPS) is 24.8. The molecule has 92 valence electrons. The van der Waals surface area contributed by atoms with Crippen molar-refractivity contribution in [2.24, 2.45) is 0 Å². The van der Waals surface area contributed by atoms with Crippen molar-refractivity contribution < 1.29 is 14.6 Å². The van der Waals surface area contributed by atoms with Crippen molar-refractivity contribution >= 4 is 15.4 Å². The third-order valence-electron chi connectivity index (χ3n) is 3.18. The first-order chi connectivity index (χ1) is 8.13. The topological polar surface area (TPSA) is 49.8 Å².